The Morgan fingerprint density at radius 2 is 1.78 bits per heavy atom. The average Bonchev–Trinajstić information content (AvgIpc) is 3.19. The molecule has 0 radical (unpaired) electrons. The first kappa shape index (κ1) is 28.7. The molecule has 0 unspecified atom stereocenters. The average molecular weight is 623 g/mol. The molecule has 0 spiro atoms. The second-order valence-corrected chi connectivity index (χ2v) is 10.3. The molecule has 195 valence electrons. The van der Waals surface area contributed by atoms with Crippen molar-refractivity contribution in [2.24, 2.45) is 14.7 Å². The summed E-state index contributed by atoms with van der Waals surface area (Å²) in [5, 5.41) is 18.5. The molecule has 37 heavy (non-hydrogen) atoms. The van der Waals surface area contributed by atoms with Crippen LogP contribution >= 0.6 is 22.0 Å². The van der Waals surface area contributed by atoms with Crippen molar-refractivity contribution < 1.29 is 23.5 Å². The number of hydrazone groups is 1. The first-order valence-corrected chi connectivity index (χ1v) is 14.2. The Labute approximate surface area is 236 Å². The van der Waals surface area contributed by atoms with Gasteiger partial charge in [0.25, 0.3) is 10.0 Å². The number of aryl methyl sites for hydroxylation is 1. The maximum absolute atomic E-state index is 12.6. The van der Waals surface area contributed by atoms with Gasteiger partial charge in [-0.15, -0.1) is 13.9 Å². The zero-order chi connectivity index (χ0) is 27.0. The van der Waals surface area contributed by atoms with E-state index in [9.17, 15) is 8.42 Å². The fraction of sp³-hybridized carbons (Fsp3) is 0.0909. The number of hydrogen-bond donors (Lipinski definition) is 2. The number of amidine groups is 1. The molecule has 15 heteroatoms. The first-order chi connectivity index (χ1) is 17.7. The summed E-state index contributed by atoms with van der Waals surface area (Å²) < 4.78 is 31.9. The van der Waals surface area contributed by atoms with Gasteiger partial charge in [-0.3, -0.25) is 5.41 Å². The summed E-state index contributed by atoms with van der Waals surface area (Å²) >= 11 is 10.1. The molecule has 2 heterocycles. The third-order valence-electron chi connectivity index (χ3n) is 4.71. The van der Waals surface area contributed by atoms with Gasteiger partial charge in [-0.05, 0) is 56.3 Å². The van der Waals surface area contributed by atoms with Crippen molar-refractivity contribution in [3.05, 3.63) is 82.4 Å². The number of hydrogen-bond acceptors (Lipinski definition) is 10. The summed E-state index contributed by atoms with van der Waals surface area (Å²) in [6.07, 6.45) is 1.48. The van der Waals surface area contributed by atoms with E-state index in [1.54, 1.807) is 19.9 Å². The van der Waals surface area contributed by atoms with Crippen LogP contribution in [0.2, 0.25) is 0 Å². The first-order valence-electron chi connectivity index (χ1n) is 10.3. The second kappa shape index (κ2) is 13.1. The zero-order valence-corrected chi connectivity index (χ0v) is 23.4. The van der Waals surface area contributed by atoms with E-state index >= 15 is 0 Å². The molecule has 3 aromatic rings. The van der Waals surface area contributed by atoms with Crippen molar-refractivity contribution in [2.45, 2.75) is 18.7 Å². The van der Waals surface area contributed by atoms with Gasteiger partial charge in [0, 0.05) is 29.4 Å². The van der Waals surface area contributed by atoms with Gasteiger partial charge in [0.2, 0.25) is 5.95 Å². The molecule has 0 amide bonds. The van der Waals surface area contributed by atoms with E-state index in [0.29, 0.717) is 26.9 Å². The molecule has 1 aliphatic heterocycles. The number of rotatable bonds is 7. The third kappa shape index (κ3) is 7.34. The van der Waals surface area contributed by atoms with Crippen LogP contribution in [0.25, 0.3) is 0 Å². The van der Waals surface area contributed by atoms with Gasteiger partial charge in [0.05, 0.1) is 22.0 Å². The van der Waals surface area contributed by atoms with Gasteiger partial charge >= 0.3 is 25.2 Å². The molecule has 0 atom stereocenters. The van der Waals surface area contributed by atoms with Gasteiger partial charge in [-0.25, -0.2) is 28.1 Å². The Kier molecular flexibility index (Phi) is 10.1. The standard InChI is InChI=1S/C22H20N8O2S3.ClH.Cu/c1-14-12-13-24-22(25-14)28-35(31,32)18-10-8-16(9-11-18)26-29-34-21(33)19-15(2)27-30(20(19)23)17-6-4-3-5-7-17;;/h3-13,23,33H,1-2H3,(H,24,25,28);1H;/q;;+2/p-2/b21-19-,23-20?,29-26?;;. The van der Waals surface area contributed by atoms with Crippen LogP contribution in [0.3, 0.4) is 0 Å². The topological polar surface area (TPSA) is 136 Å². The Balaban J connectivity index is 0.00000186. The fourth-order valence-electron chi connectivity index (χ4n) is 3.05. The predicted molar refractivity (Wildman–Crippen MR) is 146 cm³/mol. The Hall–Kier alpha value is -2.87. The molecule has 10 nitrogen and oxygen atoms in total. The van der Waals surface area contributed by atoms with Crippen molar-refractivity contribution in [1.82, 2.24) is 9.97 Å². The fourth-order valence-corrected chi connectivity index (χ4v) is 4.89. The monoisotopic (exact) mass is 621 g/mol. The van der Waals surface area contributed by atoms with Crippen molar-refractivity contribution in [1.29, 1.82) is 5.41 Å². The van der Waals surface area contributed by atoms with Crippen LogP contribution in [0.15, 0.2) is 96.3 Å². The minimum atomic E-state index is -3.85. The van der Waals surface area contributed by atoms with Crippen LogP contribution in [0, 0.1) is 12.3 Å². The zero-order valence-electron chi connectivity index (χ0n) is 19.3. The molecule has 0 bridgehead atoms. The van der Waals surface area contributed by atoms with Crippen LogP contribution in [-0.4, -0.2) is 29.9 Å². The summed E-state index contributed by atoms with van der Waals surface area (Å²) in [6.45, 7) is 3.52. The van der Waals surface area contributed by atoms with E-state index in [2.05, 4.69) is 54.6 Å². The molecule has 0 fully saturated rings. The molecule has 0 aliphatic carbocycles. The molecular weight excluding hydrogens is 603 g/mol. The van der Waals surface area contributed by atoms with Crippen LogP contribution < -0.4 is 9.73 Å². The summed E-state index contributed by atoms with van der Waals surface area (Å²) in [6, 6.07) is 16.9. The van der Waals surface area contributed by atoms with E-state index in [4.69, 9.17) is 18.0 Å². The van der Waals surface area contributed by atoms with E-state index < -0.39 is 10.0 Å². The van der Waals surface area contributed by atoms with Crippen LogP contribution in [0.4, 0.5) is 17.3 Å². The van der Waals surface area contributed by atoms with E-state index in [1.807, 2.05) is 30.3 Å². The molecule has 0 saturated heterocycles. The number of sulfonamides is 1. The molecule has 1 aromatic heterocycles. The number of nitrogens with zero attached hydrogens (tertiary/aromatic N) is 6. The summed E-state index contributed by atoms with van der Waals surface area (Å²) in [7, 11) is 0.351. The van der Waals surface area contributed by atoms with Crippen LogP contribution in [0.5, 0.6) is 0 Å². The molecular formula is C22H19ClCuN8O2S3. The van der Waals surface area contributed by atoms with Crippen molar-refractivity contribution in [3.8, 4) is 0 Å². The number of aromatic nitrogens is 2. The summed E-state index contributed by atoms with van der Waals surface area (Å²) in [5.74, 6) is 0.166. The van der Waals surface area contributed by atoms with Crippen molar-refractivity contribution in [3.63, 3.8) is 0 Å². The van der Waals surface area contributed by atoms with E-state index in [-0.39, 0.29) is 16.7 Å². The molecule has 2 N–H and O–H groups in total. The van der Waals surface area contributed by atoms with Gasteiger partial charge in [0.15, 0.2) is 5.84 Å². The normalized spacial score (nSPS) is 14.8. The second-order valence-electron chi connectivity index (χ2n) is 7.24. The number of para-hydroxylation sites is 1. The number of benzene rings is 2. The van der Waals surface area contributed by atoms with E-state index in [1.165, 1.54) is 35.5 Å². The van der Waals surface area contributed by atoms with Crippen molar-refractivity contribution in [2.75, 3.05) is 9.73 Å². The minimum absolute atomic E-state index is 0.00156. The maximum atomic E-state index is 12.6. The summed E-state index contributed by atoms with van der Waals surface area (Å²) in [4.78, 5) is 7.99. The molecule has 2 aromatic carbocycles. The van der Waals surface area contributed by atoms with Gasteiger partial charge < -0.3 is 12.6 Å². The number of anilines is 2. The Morgan fingerprint density at radius 1 is 1.11 bits per heavy atom. The molecule has 0 saturated carbocycles. The predicted octanol–water partition coefficient (Wildman–Crippen LogP) is 5.64. The van der Waals surface area contributed by atoms with Gasteiger partial charge in [0.1, 0.15) is 0 Å². The van der Waals surface area contributed by atoms with Gasteiger partial charge in [-0.1, -0.05) is 18.2 Å². The van der Waals surface area contributed by atoms with E-state index in [0.717, 1.165) is 17.6 Å². The number of halogens is 1. The SMILES string of the molecule is CC1=NN(c2ccccc2)C(=N)/C1=C(/[S-])SN=Nc1ccc(S(=O)(=O)Nc2nccc(C)n2)cc1.[Cl][Cu+]. The van der Waals surface area contributed by atoms with Crippen LogP contribution in [0.1, 0.15) is 12.6 Å². The molecule has 1 aliphatic rings. The Bertz CT molecular complexity index is 1470. The van der Waals surface area contributed by atoms with Crippen molar-refractivity contribution >= 4 is 73.6 Å². The Morgan fingerprint density at radius 3 is 2.43 bits per heavy atom. The third-order valence-corrected chi connectivity index (χ3v) is 7.02. The summed E-state index contributed by atoms with van der Waals surface area (Å²) in [5.41, 5.74) is 2.97. The van der Waals surface area contributed by atoms with Crippen LogP contribution in [-0.2, 0) is 37.8 Å². The van der Waals surface area contributed by atoms with Gasteiger partial charge in [-0.2, -0.15) is 5.10 Å². The molecule has 4 rings (SSSR count). The number of nitrogens with one attached hydrogen (secondary N) is 2. The quantitative estimate of drug-likeness (QED) is 0.151.